The molecule has 2 aromatic rings. The molecular weight excluding hydrogens is 1140 g/mol. The number of ether oxygens (including phenoxy) is 1. The van der Waals surface area contributed by atoms with Crippen molar-refractivity contribution in [3.05, 3.63) is 71.8 Å². The molecule has 0 bridgehead atoms. The number of amides is 11. The van der Waals surface area contributed by atoms with Gasteiger partial charge in [-0.1, -0.05) is 121 Å². The summed E-state index contributed by atoms with van der Waals surface area (Å²) >= 11 is 0. The van der Waals surface area contributed by atoms with E-state index in [4.69, 9.17) is 16.2 Å². The van der Waals surface area contributed by atoms with E-state index in [2.05, 4.69) is 58.5 Å². The molecule has 488 valence electrons. The van der Waals surface area contributed by atoms with E-state index in [-0.39, 0.29) is 25.8 Å². The maximum absolute atomic E-state index is 14.5. The molecule has 88 heavy (non-hydrogen) atoms. The van der Waals surface area contributed by atoms with Gasteiger partial charge in [0.05, 0.1) is 19.3 Å². The van der Waals surface area contributed by atoms with Crippen LogP contribution in [0.15, 0.2) is 60.7 Å². The summed E-state index contributed by atoms with van der Waals surface area (Å²) in [5.41, 5.74) is 12.5. The second kappa shape index (κ2) is 37.6. The normalized spacial score (nSPS) is 20.7. The predicted molar refractivity (Wildman–Crippen MR) is 323 cm³/mol. The highest BCUT2D eigenvalue weighted by Crippen LogP contribution is 2.17. The molecule has 1 aliphatic rings. The lowest BCUT2D eigenvalue weighted by Crippen LogP contribution is -2.63. The summed E-state index contributed by atoms with van der Waals surface area (Å²) in [5, 5.41) is 49.4. The number of likely N-dealkylation sites (N-methyl/N-ethyl adjacent to an activating group) is 1. The molecule has 0 aromatic heterocycles. The van der Waals surface area contributed by atoms with Crippen LogP contribution in [0, 0.1) is 17.8 Å². The highest BCUT2D eigenvalue weighted by molar-refractivity contribution is 5.99. The maximum atomic E-state index is 14.5. The van der Waals surface area contributed by atoms with Crippen LogP contribution < -0.4 is 70.0 Å². The third-order valence-corrected chi connectivity index (χ3v) is 15.6. The minimum absolute atomic E-state index is 0.101. The van der Waals surface area contributed by atoms with E-state index < -0.39 is 187 Å². The lowest BCUT2D eigenvalue weighted by atomic mass is 9.96. The first-order valence-electron chi connectivity index (χ1n) is 30.0. The smallest absolute Gasteiger partial charge is 0.329 e. The summed E-state index contributed by atoms with van der Waals surface area (Å²) in [7, 11) is 1.60. The SMILES string of the molecule is CC[C@@H](C)[C@@H](NC(=O)[C@@H](CCC(N)=O)NC(=O)[C@H](CO)NC(=O)[C@@H](NC(=O)[C@@H](Cc1ccccc1)NC)[C@@H](C)CC)C(=O)N[C@@H](Cc1ccccc1)C(=O)N[C@@H](CO)C(=O)N[C@H]1C(=O)N[C@@H](C)C(=O)N[C@@H](CCCN)C(=O)N[C@@H]([C@@H](C)CC)C(=O)O[C@H]1C. The first-order chi connectivity index (χ1) is 41.8. The van der Waals surface area contributed by atoms with Crippen molar-refractivity contribution in [1.29, 1.82) is 0 Å². The van der Waals surface area contributed by atoms with Gasteiger partial charge in [-0.2, -0.15) is 0 Å². The van der Waals surface area contributed by atoms with Crippen molar-refractivity contribution in [2.24, 2.45) is 29.2 Å². The van der Waals surface area contributed by atoms with Gasteiger partial charge in [-0.05, 0) is 82.0 Å². The van der Waals surface area contributed by atoms with Gasteiger partial charge in [0.2, 0.25) is 65.0 Å². The molecule has 1 saturated heterocycles. The molecule has 17 N–H and O–H groups in total. The summed E-state index contributed by atoms with van der Waals surface area (Å²) < 4.78 is 5.71. The largest absolute Gasteiger partial charge is 0.458 e. The summed E-state index contributed by atoms with van der Waals surface area (Å²) in [5.74, 6) is -12.5. The topological polar surface area (TPSA) is 439 Å². The average Bonchev–Trinajstić information content (AvgIpc) is 3.78. The molecule has 28 nitrogen and oxygen atoms in total. The number of nitrogens with one attached hydrogen (secondary N) is 11. The Balaban J connectivity index is 1.91. The molecule has 28 heteroatoms. The van der Waals surface area contributed by atoms with Crippen molar-refractivity contribution < 1.29 is 72.5 Å². The Bertz CT molecular complexity index is 2670. The van der Waals surface area contributed by atoms with Gasteiger partial charge in [-0.25, -0.2) is 4.79 Å². The van der Waals surface area contributed by atoms with Gasteiger partial charge in [-0.3, -0.25) is 52.7 Å². The van der Waals surface area contributed by atoms with Crippen LogP contribution in [-0.4, -0.2) is 181 Å². The number of benzene rings is 2. The fourth-order valence-electron chi connectivity index (χ4n) is 9.31. The van der Waals surface area contributed by atoms with E-state index in [0.717, 1.165) is 5.56 Å². The second-order valence-electron chi connectivity index (χ2n) is 22.3. The number of primary amides is 1. The third kappa shape index (κ3) is 23.2. The zero-order valence-electron chi connectivity index (χ0n) is 51.8. The highest BCUT2D eigenvalue weighted by atomic mass is 16.5. The van der Waals surface area contributed by atoms with Gasteiger partial charge in [0.15, 0.2) is 0 Å². The number of nitrogens with two attached hydrogens (primary N) is 2. The molecule has 0 saturated carbocycles. The maximum Gasteiger partial charge on any atom is 0.329 e. The van der Waals surface area contributed by atoms with Crippen molar-refractivity contribution in [2.45, 2.75) is 186 Å². The van der Waals surface area contributed by atoms with Gasteiger partial charge >= 0.3 is 5.97 Å². The molecule has 3 rings (SSSR count). The fourth-order valence-corrected chi connectivity index (χ4v) is 9.31. The number of carbonyl (C=O) groups excluding carboxylic acids is 12. The number of esters is 1. The molecule has 0 spiro atoms. The summed E-state index contributed by atoms with van der Waals surface area (Å²) in [6.07, 6.45) is -0.812. The van der Waals surface area contributed by atoms with Gasteiger partial charge in [0, 0.05) is 12.8 Å². The average molecular weight is 1240 g/mol. The van der Waals surface area contributed by atoms with Crippen LogP contribution in [-0.2, 0) is 75.1 Å². The van der Waals surface area contributed by atoms with Crippen LogP contribution in [0.2, 0.25) is 0 Å². The quantitative estimate of drug-likeness (QED) is 0.0317. The molecule has 0 aliphatic carbocycles. The first kappa shape index (κ1) is 74.2. The van der Waals surface area contributed by atoms with E-state index in [0.29, 0.717) is 31.2 Å². The van der Waals surface area contributed by atoms with Crippen molar-refractivity contribution in [3.8, 4) is 0 Å². The van der Waals surface area contributed by atoms with Gasteiger partial charge in [0.25, 0.3) is 0 Å². The standard InChI is InChI=1S/C60H93N13O15/c1-10-32(4)46(70-52(79)40(25-26-45(62)76)66-55(82)43(30-74)69-58(85)47(33(5)11-2)71-53(80)41(63-9)28-37-20-15-13-16-21-37)57(84)67-42(29-38-22-17-14-18-23-38)54(81)68-44(31-75)56(83)73-49-36(8)88-60(87)48(34(6)12-3)72-51(78)39(24-19-27-61)65-50(77)35(7)64-59(49)86/h13-18,20-23,32-36,39-44,46-49,63,74-75H,10-12,19,24-31,61H2,1-9H3,(H2,62,76)(H,64,86)(H,65,77)(H,66,82)(H,67,84)(H,68,81)(H,69,85)(H,70,79)(H,71,80)(H,72,78)(H,73,83)/t32-,33+,34+,35+,36+,39+,40-,41-,42+,43+,44+,46-,47+,48+,49-/m1/s1. The van der Waals surface area contributed by atoms with Crippen LogP contribution in [0.5, 0.6) is 0 Å². The van der Waals surface area contributed by atoms with Crippen molar-refractivity contribution in [1.82, 2.24) is 58.5 Å². The first-order valence-corrected chi connectivity index (χ1v) is 30.0. The Labute approximate surface area is 513 Å². The number of hydrogen-bond donors (Lipinski definition) is 15. The van der Waals surface area contributed by atoms with Gasteiger partial charge in [0.1, 0.15) is 66.5 Å². The third-order valence-electron chi connectivity index (χ3n) is 15.6. The minimum atomic E-state index is -1.85. The number of cyclic esters (lactones) is 1. The number of hydrogen-bond acceptors (Lipinski definition) is 17. The molecule has 2 aromatic carbocycles. The van der Waals surface area contributed by atoms with Crippen LogP contribution in [0.25, 0.3) is 0 Å². The molecule has 1 fully saturated rings. The van der Waals surface area contributed by atoms with Crippen molar-refractivity contribution >= 4 is 70.9 Å². The lowest BCUT2D eigenvalue weighted by molar-refractivity contribution is -0.157. The highest BCUT2D eigenvalue weighted by Gasteiger charge is 2.40. The molecule has 0 radical (unpaired) electrons. The van der Waals surface area contributed by atoms with Crippen molar-refractivity contribution in [3.63, 3.8) is 0 Å². The summed E-state index contributed by atoms with van der Waals surface area (Å²) in [6.45, 7) is 11.0. The van der Waals surface area contributed by atoms with E-state index in [1.807, 2.05) is 30.3 Å². The van der Waals surface area contributed by atoms with E-state index >= 15 is 0 Å². The second-order valence-corrected chi connectivity index (χ2v) is 22.3. The molecule has 1 aliphatic heterocycles. The zero-order valence-corrected chi connectivity index (χ0v) is 51.8. The molecular formula is C60H93N13O15. The Morgan fingerprint density at radius 2 is 1.05 bits per heavy atom. The van der Waals surface area contributed by atoms with Crippen LogP contribution in [0.1, 0.15) is 111 Å². The summed E-state index contributed by atoms with van der Waals surface area (Å²) in [4.78, 5) is 166. The van der Waals surface area contributed by atoms with Crippen LogP contribution in [0.3, 0.4) is 0 Å². The van der Waals surface area contributed by atoms with E-state index in [9.17, 15) is 67.7 Å². The van der Waals surface area contributed by atoms with Gasteiger partial charge < -0.3 is 84.9 Å². The number of aliphatic hydroxyl groups excluding tert-OH is 2. The number of rotatable bonds is 33. The van der Waals surface area contributed by atoms with Crippen LogP contribution in [0.4, 0.5) is 0 Å². The Kier molecular flexibility index (Phi) is 31.7. The zero-order chi connectivity index (χ0) is 65.8. The van der Waals surface area contributed by atoms with Crippen LogP contribution >= 0.6 is 0 Å². The predicted octanol–water partition coefficient (Wildman–Crippen LogP) is -3.00. The minimum Gasteiger partial charge on any atom is -0.458 e. The Morgan fingerprint density at radius 1 is 0.580 bits per heavy atom. The van der Waals surface area contributed by atoms with Gasteiger partial charge in [-0.15, -0.1) is 0 Å². The molecule has 1 heterocycles. The number of aliphatic hydroxyl groups is 2. The lowest BCUT2D eigenvalue weighted by Gasteiger charge is -2.30. The molecule has 11 amide bonds. The summed E-state index contributed by atoms with van der Waals surface area (Å²) in [6, 6.07) is 1.91. The fraction of sp³-hybridized carbons (Fsp3) is 0.600. The monoisotopic (exact) mass is 1240 g/mol. The Morgan fingerprint density at radius 3 is 1.53 bits per heavy atom. The number of carbonyl (C=O) groups is 12. The molecule has 0 unspecified atom stereocenters. The molecule has 15 atom stereocenters. The van der Waals surface area contributed by atoms with E-state index in [1.165, 1.54) is 13.8 Å². The Hall–Kier alpha value is -8.08. The van der Waals surface area contributed by atoms with E-state index in [1.54, 1.807) is 78.9 Å². The van der Waals surface area contributed by atoms with Crippen molar-refractivity contribution in [2.75, 3.05) is 26.8 Å².